The van der Waals surface area contributed by atoms with E-state index in [0.29, 0.717) is 29.6 Å². The average molecular weight is 463 g/mol. The summed E-state index contributed by atoms with van der Waals surface area (Å²) in [6.07, 6.45) is 4.14. The molecule has 0 unspecified atom stereocenters. The third kappa shape index (κ3) is 4.74. The lowest BCUT2D eigenvalue weighted by Crippen LogP contribution is -2.19. The van der Waals surface area contributed by atoms with Crippen LogP contribution in [-0.4, -0.2) is 52.5 Å². The number of methoxy groups -OCH3 is 4. The predicted molar refractivity (Wildman–Crippen MR) is 127 cm³/mol. The number of aliphatic hydroxyl groups is 1. The molecule has 1 aliphatic carbocycles. The van der Waals surface area contributed by atoms with Crippen molar-refractivity contribution in [1.82, 2.24) is 0 Å². The first-order valence-electron chi connectivity index (χ1n) is 10.9. The Hall–Kier alpha value is -2.25. The Labute approximate surface area is 195 Å². The van der Waals surface area contributed by atoms with Crippen molar-refractivity contribution in [2.75, 3.05) is 41.3 Å². The van der Waals surface area contributed by atoms with Gasteiger partial charge in [0.05, 0.1) is 46.0 Å². The van der Waals surface area contributed by atoms with Gasteiger partial charge in [-0.25, -0.2) is 0 Å². The van der Waals surface area contributed by atoms with E-state index in [0.717, 1.165) is 41.0 Å². The number of rotatable bonds is 10. The SMILES string of the molecule is CCCOc1c(OC)cc([C@H]2CC[C@H](c3cc(OC)c(OC)c(OC)c3)[C@@H]2O)cc1SC. The molecule has 3 rings (SSSR count). The van der Waals surface area contributed by atoms with Crippen LogP contribution >= 0.6 is 11.8 Å². The van der Waals surface area contributed by atoms with E-state index >= 15 is 0 Å². The van der Waals surface area contributed by atoms with Crippen LogP contribution in [0.25, 0.3) is 0 Å². The molecular formula is C25H34O6S. The van der Waals surface area contributed by atoms with E-state index in [9.17, 15) is 5.11 Å². The third-order valence-corrected chi connectivity index (χ3v) is 6.83. The predicted octanol–water partition coefficient (Wildman–Crippen LogP) is 5.25. The number of benzene rings is 2. The van der Waals surface area contributed by atoms with Crippen LogP contribution in [0.15, 0.2) is 29.2 Å². The van der Waals surface area contributed by atoms with E-state index in [1.807, 2.05) is 24.5 Å². The van der Waals surface area contributed by atoms with Gasteiger partial charge in [-0.05, 0) is 60.9 Å². The van der Waals surface area contributed by atoms with Gasteiger partial charge in [0.25, 0.3) is 0 Å². The van der Waals surface area contributed by atoms with Gasteiger partial charge in [0.15, 0.2) is 23.0 Å². The van der Waals surface area contributed by atoms with E-state index in [4.69, 9.17) is 23.7 Å². The molecule has 32 heavy (non-hydrogen) atoms. The second-order valence-corrected chi connectivity index (χ2v) is 8.69. The largest absolute Gasteiger partial charge is 0.493 e. The summed E-state index contributed by atoms with van der Waals surface area (Å²) in [5.41, 5.74) is 2.05. The highest BCUT2D eigenvalue weighted by Crippen LogP contribution is 2.50. The number of thioether (sulfide) groups is 1. The lowest BCUT2D eigenvalue weighted by molar-refractivity contribution is 0.145. The van der Waals surface area contributed by atoms with Gasteiger partial charge in [0.1, 0.15) is 0 Å². The summed E-state index contributed by atoms with van der Waals surface area (Å²) in [6, 6.07) is 8.01. The van der Waals surface area contributed by atoms with Crippen molar-refractivity contribution in [1.29, 1.82) is 0 Å². The van der Waals surface area contributed by atoms with Crippen LogP contribution in [0.5, 0.6) is 28.7 Å². The second kappa shape index (κ2) is 11.1. The van der Waals surface area contributed by atoms with Gasteiger partial charge in [0.2, 0.25) is 5.75 Å². The zero-order chi connectivity index (χ0) is 23.3. The Morgan fingerprint density at radius 1 is 0.812 bits per heavy atom. The number of aliphatic hydroxyl groups excluding tert-OH is 1. The minimum atomic E-state index is -0.542. The smallest absolute Gasteiger partial charge is 0.203 e. The summed E-state index contributed by atoms with van der Waals surface area (Å²) in [5.74, 6) is 3.21. The number of hydrogen-bond acceptors (Lipinski definition) is 7. The van der Waals surface area contributed by atoms with E-state index in [-0.39, 0.29) is 11.8 Å². The van der Waals surface area contributed by atoms with Crippen LogP contribution in [0, 0.1) is 0 Å². The lowest BCUT2D eigenvalue weighted by Gasteiger charge is -2.23. The van der Waals surface area contributed by atoms with Gasteiger partial charge in [-0.3, -0.25) is 0 Å². The second-order valence-electron chi connectivity index (χ2n) is 7.84. The molecule has 0 bridgehead atoms. The monoisotopic (exact) mass is 462 g/mol. The van der Waals surface area contributed by atoms with Crippen molar-refractivity contribution in [3.8, 4) is 28.7 Å². The molecule has 1 aliphatic rings. The normalized spacial score (nSPS) is 20.2. The maximum absolute atomic E-state index is 11.4. The van der Waals surface area contributed by atoms with Crippen LogP contribution in [0.3, 0.4) is 0 Å². The summed E-state index contributed by atoms with van der Waals surface area (Å²) in [4.78, 5) is 1.02. The molecular weight excluding hydrogens is 428 g/mol. The quantitative estimate of drug-likeness (QED) is 0.484. The minimum Gasteiger partial charge on any atom is -0.493 e. The maximum Gasteiger partial charge on any atom is 0.203 e. The first-order chi connectivity index (χ1) is 15.5. The molecule has 176 valence electrons. The van der Waals surface area contributed by atoms with Crippen molar-refractivity contribution >= 4 is 11.8 Å². The van der Waals surface area contributed by atoms with E-state index in [2.05, 4.69) is 13.0 Å². The maximum atomic E-state index is 11.4. The molecule has 1 N–H and O–H groups in total. The molecule has 1 fully saturated rings. The Bertz CT molecular complexity index is 865. The van der Waals surface area contributed by atoms with Crippen molar-refractivity contribution in [3.63, 3.8) is 0 Å². The highest BCUT2D eigenvalue weighted by molar-refractivity contribution is 7.98. The lowest BCUT2D eigenvalue weighted by atomic mass is 9.89. The first kappa shape index (κ1) is 24.4. The van der Waals surface area contributed by atoms with Crippen LogP contribution in [0.4, 0.5) is 0 Å². The summed E-state index contributed by atoms with van der Waals surface area (Å²) in [5, 5.41) is 11.4. The highest BCUT2D eigenvalue weighted by Gasteiger charge is 2.38. The molecule has 0 amide bonds. The van der Waals surface area contributed by atoms with E-state index in [1.54, 1.807) is 40.2 Å². The van der Waals surface area contributed by atoms with Crippen molar-refractivity contribution in [3.05, 3.63) is 35.4 Å². The summed E-state index contributed by atoms with van der Waals surface area (Å²) >= 11 is 1.63. The molecule has 0 aliphatic heterocycles. The standard InChI is InChI=1S/C25H34O6S/c1-7-10-31-25-21(29-4)13-16(14-22(25)32-6)18-9-8-17(23(18)26)15-11-19(27-2)24(30-5)20(12-15)28-3/h11-14,17-18,23,26H,7-10H2,1-6H3/t17-,18-,23+/m1/s1. The fourth-order valence-corrected chi connectivity index (χ4v) is 5.08. The molecule has 2 aromatic carbocycles. The summed E-state index contributed by atoms with van der Waals surface area (Å²) < 4.78 is 28.1. The molecule has 2 aromatic rings. The van der Waals surface area contributed by atoms with Gasteiger partial charge in [0, 0.05) is 11.8 Å². The molecule has 0 saturated heterocycles. The van der Waals surface area contributed by atoms with E-state index < -0.39 is 6.10 Å². The van der Waals surface area contributed by atoms with Crippen LogP contribution in [0.2, 0.25) is 0 Å². The average Bonchev–Trinajstić information content (AvgIpc) is 3.22. The van der Waals surface area contributed by atoms with Crippen molar-refractivity contribution < 1.29 is 28.8 Å². The Morgan fingerprint density at radius 3 is 1.75 bits per heavy atom. The third-order valence-electron chi connectivity index (χ3n) is 6.09. The first-order valence-corrected chi connectivity index (χ1v) is 12.1. The Morgan fingerprint density at radius 2 is 1.31 bits per heavy atom. The van der Waals surface area contributed by atoms with E-state index in [1.165, 1.54) is 0 Å². The van der Waals surface area contributed by atoms with Crippen LogP contribution in [0.1, 0.15) is 49.1 Å². The Balaban J connectivity index is 1.94. The molecule has 0 radical (unpaired) electrons. The molecule has 0 spiro atoms. The van der Waals surface area contributed by atoms with Gasteiger partial charge >= 0.3 is 0 Å². The van der Waals surface area contributed by atoms with Gasteiger partial charge in [-0.2, -0.15) is 0 Å². The topological polar surface area (TPSA) is 66.4 Å². The number of hydrogen-bond donors (Lipinski definition) is 1. The molecule has 7 heteroatoms. The molecule has 3 atom stereocenters. The molecule has 1 saturated carbocycles. The summed E-state index contributed by atoms with van der Waals surface area (Å²) in [7, 11) is 6.46. The molecule has 6 nitrogen and oxygen atoms in total. The van der Waals surface area contributed by atoms with Crippen molar-refractivity contribution in [2.45, 2.75) is 49.0 Å². The fraction of sp³-hybridized carbons (Fsp3) is 0.520. The zero-order valence-electron chi connectivity index (χ0n) is 19.8. The van der Waals surface area contributed by atoms with Gasteiger partial charge in [-0.1, -0.05) is 6.92 Å². The summed E-state index contributed by atoms with van der Waals surface area (Å²) in [6.45, 7) is 2.72. The minimum absolute atomic E-state index is 0.000818. The highest BCUT2D eigenvalue weighted by atomic mass is 32.2. The van der Waals surface area contributed by atoms with Crippen LogP contribution < -0.4 is 23.7 Å². The molecule has 0 heterocycles. The van der Waals surface area contributed by atoms with Crippen LogP contribution in [-0.2, 0) is 0 Å². The zero-order valence-corrected chi connectivity index (χ0v) is 20.6. The molecule has 0 aromatic heterocycles. The fourth-order valence-electron chi connectivity index (χ4n) is 4.48. The number of ether oxygens (including phenoxy) is 5. The Kier molecular flexibility index (Phi) is 8.43. The van der Waals surface area contributed by atoms with Crippen molar-refractivity contribution in [2.24, 2.45) is 0 Å². The van der Waals surface area contributed by atoms with Gasteiger partial charge < -0.3 is 28.8 Å². The van der Waals surface area contributed by atoms with Gasteiger partial charge in [-0.15, -0.1) is 11.8 Å².